The van der Waals surface area contributed by atoms with E-state index >= 15 is 0 Å². The summed E-state index contributed by atoms with van der Waals surface area (Å²) in [5.41, 5.74) is 2.30. The number of rotatable bonds is 4. The molecule has 3 heterocycles. The molecular formula is C26H26ClF3N4O4. The first-order chi connectivity index (χ1) is 18.0. The highest BCUT2D eigenvalue weighted by Gasteiger charge is 2.44. The molecule has 202 valence electrons. The number of nitrogens with zero attached hydrogens (tertiary/aromatic N) is 4. The number of carboxylic acid groups (broad SMARTS) is 1. The van der Waals surface area contributed by atoms with Crippen molar-refractivity contribution in [3.63, 3.8) is 0 Å². The van der Waals surface area contributed by atoms with Crippen LogP contribution in [0, 0.1) is 0 Å². The van der Waals surface area contributed by atoms with Gasteiger partial charge in [0, 0.05) is 29.1 Å². The summed E-state index contributed by atoms with van der Waals surface area (Å²) in [5.74, 6) is -1.20. The van der Waals surface area contributed by atoms with Crippen LogP contribution in [0.15, 0.2) is 53.3 Å². The molecule has 1 spiro atoms. The van der Waals surface area contributed by atoms with Crippen LogP contribution >= 0.6 is 11.6 Å². The van der Waals surface area contributed by atoms with Crippen LogP contribution < -0.4 is 10.3 Å². The number of ether oxygens (including phenoxy) is 1. The Morgan fingerprint density at radius 1 is 1.08 bits per heavy atom. The molecule has 38 heavy (non-hydrogen) atoms. The van der Waals surface area contributed by atoms with Gasteiger partial charge in [-0.15, -0.1) is 10.2 Å². The van der Waals surface area contributed by atoms with Gasteiger partial charge in [-0.2, -0.15) is 13.2 Å². The van der Waals surface area contributed by atoms with Gasteiger partial charge in [0.25, 0.3) is 5.56 Å². The number of aliphatic carboxylic acids is 1. The molecule has 0 aliphatic carbocycles. The fourth-order valence-corrected chi connectivity index (χ4v) is 4.99. The van der Waals surface area contributed by atoms with Crippen molar-refractivity contribution < 1.29 is 27.8 Å². The lowest BCUT2D eigenvalue weighted by Crippen LogP contribution is -2.42. The predicted molar refractivity (Wildman–Crippen MR) is 134 cm³/mol. The Morgan fingerprint density at radius 3 is 2.32 bits per heavy atom. The molecule has 0 atom stereocenters. The van der Waals surface area contributed by atoms with Gasteiger partial charge in [-0.3, -0.25) is 14.3 Å². The molecule has 1 aromatic heterocycles. The van der Waals surface area contributed by atoms with Crippen LogP contribution in [-0.4, -0.2) is 57.1 Å². The molecule has 2 aliphatic heterocycles. The van der Waals surface area contributed by atoms with Gasteiger partial charge in [-0.25, -0.2) is 4.79 Å². The summed E-state index contributed by atoms with van der Waals surface area (Å²) < 4.78 is 38.9. The number of hydrogen-bond acceptors (Lipinski definition) is 6. The minimum Gasteiger partial charge on any atom is -0.497 e. The molecule has 1 fully saturated rings. The molecule has 12 heteroatoms. The van der Waals surface area contributed by atoms with Gasteiger partial charge in [0.15, 0.2) is 5.69 Å². The van der Waals surface area contributed by atoms with Crippen LogP contribution in [0.1, 0.15) is 30.7 Å². The van der Waals surface area contributed by atoms with Crippen LogP contribution in [0.3, 0.4) is 0 Å². The molecule has 5 rings (SSSR count). The molecular weight excluding hydrogens is 525 g/mol. The van der Waals surface area contributed by atoms with Gasteiger partial charge in [-0.05, 0) is 62.2 Å². The summed E-state index contributed by atoms with van der Waals surface area (Å²) in [6, 6.07) is 15.5. The standard InChI is InChI=1S/C24H25ClN4O2.C2HF3O2/c1-31-20-4-2-3-18(15-20)21-22(30)29-14-11-24(23(29)27-26-21)9-12-28(13-10-24)16-17-5-7-19(25)8-6-17;3-2(4,5)1(6)7/h2-8,15H,9-14,16H2,1H3;(H,6,7). The van der Waals surface area contributed by atoms with Gasteiger partial charge >= 0.3 is 12.1 Å². The summed E-state index contributed by atoms with van der Waals surface area (Å²) in [6.07, 6.45) is -2.15. The normalized spacial score (nSPS) is 16.4. The van der Waals surface area contributed by atoms with E-state index in [-0.39, 0.29) is 11.0 Å². The summed E-state index contributed by atoms with van der Waals surface area (Å²) in [4.78, 5) is 24.6. The van der Waals surface area contributed by atoms with Crippen LogP contribution in [0.25, 0.3) is 11.3 Å². The van der Waals surface area contributed by atoms with Gasteiger partial charge in [-0.1, -0.05) is 35.9 Å². The first kappa shape index (κ1) is 27.6. The van der Waals surface area contributed by atoms with Gasteiger partial charge < -0.3 is 9.84 Å². The van der Waals surface area contributed by atoms with E-state index in [2.05, 4.69) is 27.2 Å². The number of fused-ring (bicyclic) bond motifs is 2. The average molecular weight is 551 g/mol. The number of piperidine rings is 1. The number of benzene rings is 2. The molecule has 0 bridgehead atoms. The van der Waals surface area contributed by atoms with Crippen molar-refractivity contribution in [3.8, 4) is 17.0 Å². The van der Waals surface area contributed by atoms with E-state index in [0.717, 1.165) is 55.3 Å². The Labute approximate surface area is 221 Å². The topological polar surface area (TPSA) is 97.6 Å². The Hall–Kier alpha value is -3.44. The van der Waals surface area contributed by atoms with Crippen molar-refractivity contribution in [1.29, 1.82) is 0 Å². The van der Waals surface area contributed by atoms with Crippen LogP contribution in [-0.2, 0) is 23.3 Å². The molecule has 0 amide bonds. The van der Waals surface area contributed by atoms with E-state index < -0.39 is 12.1 Å². The van der Waals surface area contributed by atoms with Crippen molar-refractivity contribution in [2.75, 3.05) is 20.2 Å². The van der Waals surface area contributed by atoms with Gasteiger partial charge in [0.2, 0.25) is 0 Å². The molecule has 1 saturated heterocycles. The Bertz CT molecular complexity index is 1350. The number of aromatic nitrogens is 3. The zero-order chi connectivity index (χ0) is 27.5. The largest absolute Gasteiger partial charge is 0.497 e. The van der Waals surface area contributed by atoms with Crippen molar-refractivity contribution in [2.24, 2.45) is 0 Å². The van der Waals surface area contributed by atoms with Crippen molar-refractivity contribution in [1.82, 2.24) is 19.7 Å². The van der Waals surface area contributed by atoms with Crippen LogP contribution in [0.5, 0.6) is 5.75 Å². The summed E-state index contributed by atoms with van der Waals surface area (Å²) >= 11 is 6.00. The molecule has 2 aromatic carbocycles. The molecule has 1 N–H and O–H groups in total. The lowest BCUT2D eigenvalue weighted by Gasteiger charge is -2.38. The summed E-state index contributed by atoms with van der Waals surface area (Å²) in [6.45, 7) is 3.59. The molecule has 0 radical (unpaired) electrons. The molecule has 8 nitrogen and oxygen atoms in total. The first-order valence-corrected chi connectivity index (χ1v) is 12.3. The predicted octanol–water partition coefficient (Wildman–Crippen LogP) is 4.54. The monoisotopic (exact) mass is 550 g/mol. The summed E-state index contributed by atoms with van der Waals surface area (Å²) in [7, 11) is 1.61. The molecule has 0 unspecified atom stereocenters. The SMILES string of the molecule is COc1cccc(-c2nnc3n(c2=O)CCC32CCN(Cc3ccc(Cl)cc3)CC2)c1.O=C(O)C(F)(F)F. The second-order valence-electron chi connectivity index (χ2n) is 9.30. The Kier molecular flexibility index (Phi) is 8.08. The van der Waals surface area contributed by atoms with Crippen LogP contribution in [0.4, 0.5) is 13.2 Å². The zero-order valence-corrected chi connectivity index (χ0v) is 21.3. The third-order valence-electron chi connectivity index (χ3n) is 6.95. The second kappa shape index (κ2) is 11.1. The number of halogens is 4. The van der Waals surface area contributed by atoms with Gasteiger partial charge in [0.1, 0.15) is 11.6 Å². The smallest absolute Gasteiger partial charge is 0.490 e. The van der Waals surface area contributed by atoms with Crippen LogP contribution in [0.2, 0.25) is 5.02 Å². The maximum atomic E-state index is 13.2. The number of carboxylic acids is 1. The van der Waals surface area contributed by atoms with E-state index in [1.54, 1.807) is 7.11 Å². The Balaban J connectivity index is 0.000000426. The molecule has 0 saturated carbocycles. The highest BCUT2D eigenvalue weighted by Crippen LogP contribution is 2.41. The number of carbonyl (C=O) groups is 1. The number of hydrogen-bond donors (Lipinski definition) is 1. The van der Waals surface area contributed by atoms with E-state index in [4.69, 9.17) is 26.2 Å². The number of alkyl halides is 3. The minimum absolute atomic E-state index is 0.0461. The quantitative estimate of drug-likeness (QED) is 0.509. The van der Waals surface area contributed by atoms with E-state index in [1.807, 2.05) is 41.0 Å². The maximum absolute atomic E-state index is 13.2. The van der Waals surface area contributed by atoms with E-state index in [1.165, 1.54) is 5.56 Å². The second-order valence-corrected chi connectivity index (χ2v) is 9.73. The average Bonchev–Trinajstić information content (AvgIpc) is 3.25. The number of likely N-dealkylation sites (tertiary alicyclic amines) is 1. The zero-order valence-electron chi connectivity index (χ0n) is 20.5. The fourth-order valence-electron chi connectivity index (χ4n) is 4.87. The lowest BCUT2D eigenvalue weighted by atomic mass is 9.76. The highest BCUT2D eigenvalue weighted by atomic mass is 35.5. The fraction of sp³-hybridized carbons (Fsp3) is 0.385. The third kappa shape index (κ3) is 5.99. The van der Waals surface area contributed by atoms with E-state index in [9.17, 15) is 18.0 Å². The molecule has 3 aromatic rings. The molecule has 2 aliphatic rings. The number of methoxy groups -OCH3 is 1. The van der Waals surface area contributed by atoms with E-state index in [0.29, 0.717) is 18.0 Å². The van der Waals surface area contributed by atoms with Crippen molar-refractivity contribution in [2.45, 2.75) is 43.9 Å². The van der Waals surface area contributed by atoms with Gasteiger partial charge in [0.05, 0.1) is 7.11 Å². The summed E-state index contributed by atoms with van der Waals surface area (Å²) in [5, 5.41) is 16.9. The minimum atomic E-state index is -5.08. The first-order valence-electron chi connectivity index (χ1n) is 11.9. The lowest BCUT2D eigenvalue weighted by molar-refractivity contribution is -0.192. The maximum Gasteiger partial charge on any atom is 0.490 e. The highest BCUT2D eigenvalue weighted by molar-refractivity contribution is 6.30. The third-order valence-corrected chi connectivity index (χ3v) is 7.21. The Morgan fingerprint density at radius 2 is 1.71 bits per heavy atom. The van der Waals surface area contributed by atoms with Crippen molar-refractivity contribution in [3.05, 3.63) is 75.3 Å². The van der Waals surface area contributed by atoms with Crippen molar-refractivity contribution >= 4 is 17.6 Å².